The van der Waals surface area contributed by atoms with Gasteiger partial charge in [-0.15, -0.1) is 0 Å². The van der Waals surface area contributed by atoms with Gasteiger partial charge in [0.25, 0.3) is 0 Å². The van der Waals surface area contributed by atoms with Gasteiger partial charge in [0.2, 0.25) is 41.4 Å². The summed E-state index contributed by atoms with van der Waals surface area (Å²) in [7, 11) is 0. The number of carbonyl (C=O) groups excluding carboxylic acids is 7. The van der Waals surface area contributed by atoms with E-state index in [4.69, 9.17) is 5.11 Å². The number of hydrogen-bond acceptors (Lipinski definition) is 14. The molecular formula is C38H70N8O14. The molecule has 0 aliphatic carbocycles. The van der Waals surface area contributed by atoms with Crippen molar-refractivity contribution in [2.45, 2.75) is 142 Å². The zero-order valence-corrected chi connectivity index (χ0v) is 35.1. The van der Waals surface area contributed by atoms with Gasteiger partial charge in [0.1, 0.15) is 6.23 Å². The van der Waals surface area contributed by atoms with Crippen LogP contribution < -0.4 is 21.3 Å². The first kappa shape index (κ1) is 55.5. The highest BCUT2D eigenvalue weighted by Crippen LogP contribution is 2.07. The molecule has 1 unspecified atom stereocenters. The topological polar surface area (TPSA) is 319 Å². The molecule has 0 spiro atoms. The summed E-state index contributed by atoms with van der Waals surface area (Å²) in [5.41, 5.74) is 0. The van der Waals surface area contributed by atoms with E-state index in [-0.39, 0.29) is 101 Å². The fourth-order valence-corrected chi connectivity index (χ4v) is 5.41. The van der Waals surface area contributed by atoms with Gasteiger partial charge in [0, 0.05) is 97.8 Å². The Labute approximate surface area is 351 Å². The van der Waals surface area contributed by atoms with E-state index in [9.17, 15) is 64.3 Å². The van der Waals surface area contributed by atoms with Crippen LogP contribution in [0.2, 0.25) is 0 Å². The number of amides is 7. The SMILES string of the molecule is CC(=O)N(O)CCCCCNC(=O)CCC(=O)N(O)CCCCCNC(=O)CCC(O)N(O)CCCCCNC(=O)CCC(=O)N(O)CCCCCNC(=O)CCC(=O)O. The van der Waals surface area contributed by atoms with Gasteiger partial charge in [-0.2, -0.15) is 5.06 Å². The van der Waals surface area contributed by atoms with Crippen LogP contribution in [0.4, 0.5) is 0 Å². The van der Waals surface area contributed by atoms with Crippen LogP contribution in [0.15, 0.2) is 0 Å². The Balaban J connectivity index is 3.82. The molecule has 0 aliphatic heterocycles. The number of rotatable bonds is 37. The third-order valence-corrected chi connectivity index (χ3v) is 9.10. The van der Waals surface area contributed by atoms with Gasteiger partial charge in [-0.25, -0.2) is 15.2 Å². The fourth-order valence-electron chi connectivity index (χ4n) is 5.41. The Morgan fingerprint density at radius 1 is 0.433 bits per heavy atom. The zero-order chi connectivity index (χ0) is 45.1. The predicted molar refractivity (Wildman–Crippen MR) is 213 cm³/mol. The molecule has 0 aliphatic rings. The number of unbranched alkanes of at least 4 members (excludes halogenated alkanes) is 8. The van der Waals surface area contributed by atoms with Gasteiger partial charge in [0.15, 0.2) is 0 Å². The summed E-state index contributed by atoms with van der Waals surface area (Å²) in [6.45, 7) is 3.23. The number of carbonyl (C=O) groups is 8. The average molecular weight is 863 g/mol. The number of aliphatic carboxylic acids is 1. The molecule has 0 radical (unpaired) electrons. The number of hydrogen-bond donors (Lipinski definition) is 10. The normalized spacial score (nSPS) is 11.4. The van der Waals surface area contributed by atoms with Crippen molar-refractivity contribution in [3.63, 3.8) is 0 Å². The second-order valence-corrected chi connectivity index (χ2v) is 14.4. The Kier molecular flexibility index (Phi) is 32.7. The zero-order valence-electron chi connectivity index (χ0n) is 35.1. The number of nitrogens with one attached hydrogen (secondary N) is 4. The van der Waals surface area contributed by atoms with E-state index in [2.05, 4.69) is 21.3 Å². The van der Waals surface area contributed by atoms with Crippen LogP contribution in [0.25, 0.3) is 0 Å². The second kappa shape index (κ2) is 35.3. The first-order chi connectivity index (χ1) is 28.5. The molecule has 0 rings (SSSR count). The number of hydroxylamine groups is 8. The Morgan fingerprint density at radius 2 is 0.767 bits per heavy atom. The summed E-state index contributed by atoms with van der Waals surface area (Å²) in [4.78, 5) is 93.2. The lowest BCUT2D eigenvalue weighted by Crippen LogP contribution is -2.35. The first-order valence-electron chi connectivity index (χ1n) is 20.9. The standard InChI is InChI=1S/C38H70N8O14/c1-30(47)43(57)26-10-2-6-22-39-31(48)14-18-35(52)44(58)27-11-3-7-23-40-32(49)15-19-36(53)45(59)28-12-4-8-24-41-33(50)16-20-37(54)46(60)29-13-5-9-25-42-34(51)17-21-38(55)56/h36,53,57-60H,2-29H2,1H3,(H,39,48)(H,40,49)(H,41,50)(H,42,51)(H,55,56). The van der Waals surface area contributed by atoms with E-state index >= 15 is 0 Å². The molecule has 60 heavy (non-hydrogen) atoms. The molecule has 22 heteroatoms. The Bertz CT molecular complexity index is 1290. The molecule has 0 fully saturated rings. The molecule has 0 aromatic rings. The smallest absolute Gasteiger partial charge is 0.303 e. The van der Waals surface area contributed by atoms with E-state index < -0.39 is 29.9 Å². The third-order valence-electron chi connectivity index (χ3n) is 9.10. The van der Waals surface area contributed by atoms with Crippen molar-refractivity contribution in [2.24, 2.45) is 0 Å². The van der Waals surface area contributed by atoms with Gasteiger partial charge in [0.05, 0.1) is 6.42 Å². The first-order valence-corrected chi connectivity index (χ1v) is 20.9. The molecule has 0 saturated carbocycles. The number of aliphatic hydroxyl groups is 1. The minimum absolute atomic E-state index is 0.00488. The summed E-state index contributed by atoms with van der Waals surface area (Å²) in [6, 6.07) is 0. The minimum Gasteiger partial charge on any atom is -0.481 e. The molecule has 0 saturated heterocycles. The maximum absolute atomic E-state index is 12.2. The quantitative estimate of drug-likeness (QED) is 0.0180. The van der Waals surface area contributed by atoms with E-state index in [1.165, 1.54) is 6.92 Å². The summed E-state index contributed by atoms with van der Waals surface area (Å²) >= 11 is 0. The molecular weight excluding hydrogens is 792 g/mol. The number of nitrogens with zero attached hydrogens (tertiary/aromatic N) is 4. The third kappa shape index (κ3) is 32.4. The number of carboxylic acid groups (broad SMARTS) is 1. The van der Waals surface area contributed by atoms with Crippen molar-refractivity contribution >= 4 is 47.3 Å². The molecule has 1 atom stereocenters. The van der Waals surface area contributed by atoms with Gasteiger partial charge in [-0.05, 0) is 77.0 Å². The van der Waals surface area contributed by atoms with Gasteiger partial charge in [-0.3, -0.25) is 54.0 Å². The Hall–Kier alpha value is -4.48. The van der Waals surface area contributed by atoms with E-state index in [1.807, 2.05) is 0 Å². The lowest BCUT2D eigenvalue weighted by Gasteiger charge is -2.21. The van der Waals surface area contributed by atoms with Crippen molar-refractivity contribution in [3.8, 4) is 0 Å². The average Bonchev–Trinajstić information content (AvgIpc) is 3.21. The summed E-state index contributed by atoms with van der Waals surface area (Å²) in [5.74, 6) is -3.97. The van der Waals surface area contributed by atoms with Crippen molar-refractivity contribution in [3.05, 3.63) is 0 Å². The minimum atomic E-state index is -1.24. The van der Waals surface area contributed by atoms with Crippen LogP contribution >= 0.6 is 0 Å². The van der Waals surface area contributed by atoms with Crippen molar-refractivity contribution in [1.82, 2.24) is 41.5 Å². The lowest BCUT2D eigenvalue weighted by molar-refractivity contribution is -0.198. The van der Waals surface area contributed by atoms with E-state index in [0.29, 0.717) is 118 Å². The summed E-state index contributed by atoms with van der Waals surface area (Å²) in [6.07, 6.45) is 4.95. The van der Waals surface area contributed by atoms with Gasteiger partial charge >= 0.3 is 5.97 Å². The molecule has 0 aromatic carbocycles. The van der Waals surface area contributed by atoms with Crippen LogP contribution in [0.1, 0.15) is 135 Å². The maximum Gasteiger partial charge on any atom is 0.303 e. The van der Waals surface area contributed by atoms with Crippen LogP contribution in [0.3, 0.4) is 0 Å². The van der Waals surface area contributed by atoms with E-state index in [1.54, 1.807) is 0 Å². The van der Waals surface area contributed by atoms with Crippen molar-refractivity contribution in [2.75, 3.05) is 52.4 Å². The fraction of sp³-hybridized carbons (Fsp3) is 0.789. The van der Waals surface area contributed by atoms with Crippen LogP contribution in [-0.2, 0) is 38.4 Å². The molecule has 0 aromatic heterocycles. The lowest BCUT2D eigenvalue weighted by atomic mass is 10.2. The number of aliphatic hydroxyl groups excluding tert-OH is 1. The van der Waals surface area contributed by atoms with E-state index in [0.717, 1.165) is 5.06 Å². The maximum atomic E-state index is 12.2. The number of carboxylic acids is 1. The van der Waals surface area contributed by atoms with Gasteiger partial charge < -0.3 is 36.7 Å². The van der Waals surface area contributed by atoms with Crippen LogP contribution in [-0.4, -0.2) is 157 Å². The largest absolute Gasteiger partial charge is 0.481 e. The second-order valence-electron chi connectivity index (χ2n) is 14.4. The van der Waals surface area contributed by atoms with Crippen molar-refractivity contribution in [1.29, 1.82) is 0 Å². The monoisotopic (exact) mass is 863 g/mol. The Morgan fingerprint density at radius 3 is 1.13 bits per heavy atom. The predicted octanol–water partition coefficient (Wildman–Crippen LogP) is 1.02. The van der Waals surface area contributed by atoms with Crippen LogP contribution in [0.5, 0.6) is 0 Å². The summed E-state index contributed by atoms with van der Waals surface area (Å²) in [5, 5.41) is 71.2. The summed E-state index contributed by atoms with van der Waals surface area (Å²) < 4.78 is 0. The van der Waals surface area contributed by atoms with Gasteiger partial charge in [-0.1, -0.05) is 6.42 Å². The van der Waals surface area contributed by atoms with Crippen LogP contribution in [0, 0.1) is 0 Å². The molecule has 0 heterocycles. The molecule has 346 valence electrons. The highest BCUT2D eigenvalue weighted by atomic mass is 16.5. The molecule has 10 N–H and O–H groups in total. The molecule has 0 bridgehead atoms. The van der Waals surface area contributed by atoms with Crippen molar-refractivity contribution < 1.29 is 69.4 Å². The highest BCUT2D eigenvalue weighted by molar-refractivity contribution is 5.84. The molecule has 22 nitrogen and oxygen atoms in total. The molecule has 7 amide bonds. The highest BCUT2D eigenvalue weighted by Gasteiger charge is 2.16.